The SMILES string of the molecule is C1=[N+](Cc2ccccc2)C2C3c4ccccc4C(c4ccccc43)C2N1Cc1ccccc1. The molecule has 3 aliphatic carbocycles. The Bertz CT molecular complexity index is 1290. The Morgan fingerprint density at radius 3 is 1.61 bits per heavy atom. The largest absolute Gasteiger partial charge is 0.256 e. The molecule has 1 heterocycles. The van der Waals surface area contributed by atoms with Crippen LogP contribution in [0, 0.1) is 0 Å². The van der Waals surface area contributed by atoms with Crippen molar-refractivity contribution in [2.75, 3.05) is 0 Å². The molecule has 2 bridgehead atoms. The van der Waals surface area contributed by atoms with Crippen LogP contribution >= 0.6 is 0 Å². The monoisotopic (exact) mass is 427 g/mol. The smallest absolute Gasteiger partial charge is 0.235 e. The van der Waals surface area contributed by atoms with E-state index in [0.717, 1.165) is 13.1 Å². The fraction of sp³-hybridized carbons (Fsp3) is 0.194. The second-order valence-corrected chi connectivity index (χ2v) is 9.63. The average molecular weight is 428 g/mol. The first-order valence-corrected chi connectivity index (χ1v) is 12.0. The van der Waals surface area contributed by atoms with Crippen molar-refractivity contribution in [1.29, 1.82) is 0 Å². The number of rotatable bonds is 4. The van der Waals surface area contributed by atoms with Gasteiger partial charge in [-0.15, -0.1) is 0 Å². The van der Waals surface area contributed by atoms with Gasteiger partial charge in [-0.3, -0.25) is 9.48 Å². The minimum atomic E-state index is 0.396. The number of hydrogen-bond donors (Lipinski definition) is 0. The number of nitrogens with zero attached hydrogens (tertiary/aromatic N) is 2. The third kappa shape index (κ3) is 2.90. The van der Waals surface area contributed by atoms with E-state index in [1.807, 2.05) is 0 Å². The van der Waals surface area contributed by atoms with Crippen LogP contribution in [0.5, 0.6) is 0 Å². The van der Waals surface area contributed by atoms with Crippen LogP contribution in [0.1, 0.15) is 45.2 Å². The van der Waals surface area contributed by atoms with E-state index in [0.29, 0.717) is 23.9 Å². The third-order valence-electron chi connectivity index (χ3n) is 7.84. The summed E-state index contributed by atoms with van der Waals surface area (Å²) in [6.45, 7) is 1.89. The van der Waals surface area contributed by atoms with Crippen LogP contribution in [0.2, 0.25) is 0 Å². The molecule has 2 nitrogen and oxygen atoms in total. The zero-order valence-corrected chi connectivity index (χ0v) is 18.6. The lowest BCUT2D eigenvalue weighted by atomic mass is 9.59. The van der Waals surface area contributed by atoms with Gasteiger partial charge in [0.25, 0.3) is 0 Å². The molecule has 0 N–H and O–H groups in total. The maximum absolute atomic E-state index is 2.63. The van der Waals surface area contributed by atoms with Gasteiger partial charge in [0.2, 0.25) is 6.34 Å². The van der Waals surface area contributed by atoms with Crippen LogP contribution in [0.15, 0.2) is 109 Å². The second kappa shape index (κ2) is 7.45. The van der Waals surface area contributed by atoms with Gasteiger partial charge in [0.1, 0.15) is 25.2 Å². The minimum Gasteiger partial charge on any atom is -0.256 e. The highest BCUT2D eigenvalue weighted by Crippen LogP contribution is 2.56. The minimum absolute atomic E-state index is 0.396. The standard InChI is InChI=1S/C31H27N2/c1-3-11-22(12-4-1)19-32-21-33(20-23-13-5-2-6-14-23)31-29-26-17-9-7-15-24(26)28(30(31)32)25-16-8-10-18-27(25)29/h1-18,21,28-31H,19-20H2/q+1. The van der Waals surface area contributed by atoms with Crippen molar-refractivity contribution in [1.82, 2.24) is 4.90 Å². The summed E-state index contributed by atoms with van der Waals surface area (Å²) >= 11 is 0. The summed E-state index contributed by atoms with van der Waals surface area (Å²) in [5, 5.41) is 0. The molecule has 4 aromatic carbocycles. The van der Waals surface area contributed by atoms with Crippen molar-refractivity contribution in [2.45, 2.75) is 37.0 Å². The first-order valence-electron chi connectivity index (χ1n) is 12.0. The summed E-state index contributed by atoms with van der Waals surface area (Å²) in [5.41, 5.74) is 8.84. The Hall–Kier alpha value is -3.65. The van der Waals surface area contributed by atoms with Gasteiger partial charge >= 0.3 is 0 Å². The lowest BCUT2D eigenvalue weighted by Gasteiger charge is -2.47. The van der Waals surface area contributed by atoms with Crippen LogP contribution in [0.3, 0.4) is 0 Å². The van der Waals surface area contributed by atoms with Crippen molar-refractivity contribution in [2.24, 2.45) is 0 Å². The fourth-order valence-corrected chi connectivity index (χ4v) is 6.62. The topological polar surface area (TPSA) is 6.25 Å². The Balaban J connectivity index is 1.39. The van der Waals surface area contributed by atoms with E-state index in [2.05, 4.69) is 125 Å². The molecule has 0 amide bonds. The molecule has 0 saturated heterocycles. The van der Waals surface area contributed by atoms with E-state index in [1.54, 1.807) is 0 Å². The van der Waals surface area contributed by atoms with E-state index in [1.165, 1.54) is 33.4 Å². The highest BCUT2D eigenvalue weighted by molar-refractivity contribution is 5.63. The molecule has 160 valence electrons. The van der Waals surface area contributed by atoms with Crippen LogP contribution < -0.4 is 0 Å². The zero-order chi connectivity index (χ0) is 21.8. The quantitative estimate of drug-likeness (QED) is 0.375. The van der Waals surface area contributed by atoms with Crippen LogP contribution in [-0.2, 0) is 13.1 Å². The van der Waals surface area contributed by atoms with Crippen molar-refractivity contribution in [3.8, 4) is 0 Å². The highest BCUT2D eigenvalue weighted by atomic mass is 15.3. The van der Waals surface area contributed by atoms with Gasteiger partial charge in [-0.1, -0.05) is 109 Å². The van der Waals surface area contributed by atoms with Crippen molar-refractivity contribution in [3.63, 3.8) is 0 Å². The first kappa shape index (κ1) is 18.9. The molecule has 0 saturated carbocycles. The third-order valence-corrected chi connectivity index (χ3v) is 7.84. The maximum Gasteiger partial charge on any atom is 0.235 e. The average Bonchev–Trinajstić information content (AvgIpc) is 3.23. The van der Waals surface area contributed by atoms with Crippen molar-refractivity contribution in [3.05, 3.63) is 143 Å². The Morgan fingerprint density at radius 2 is 1.03 bits per heavy atom. The molecule has 1 aliphatic heterocycles. The molecule has 4 aliphatic rings. The molecular weight excluding hydrogens is 400 g/mol. The van der Waals surface area contributed by atoms with Crippen LogP contribution in [0.4, 0.5) is 0 Å². The Kier molecular flexibility index (Phi) is 4.26. The van der Waals surface area contributed by atoms with Gasteiger partial charge in [0.15, 0.2) is 0 Å². The van der Waals surface area contributed by atoms with Gasteiger partial charge in [0, 0.05) is 0 Å². The molecule has 8 rings (SSSR count). The van der Waals surface area contributed by atoms with Gasteiger partial charge in [-0.25, -0.2) is 0 Å². The molecule has 0 radical (unpaired) electrons. The van der Waals surface area contributed by atoms with Crippen molar-refractivity contribution < 1.29 is 4.58 Å². The summed E-state index contributed by atoms with van der Waals surface area (Å²) in [5.74, 6) is 0.793. The van der Waals surface area contributed by atoms with E-state index in [-0.39, 0.29) is 0 Å². The van der Waals surface area contributed by atoms with E-state index >= 15 is 0 Å². The maximum atomic E-state index is 2.63. The molecule has 33 heavy (non-hydrogen) atoms. The Morgan fingerprint density at radius 1 is 0.545 bits per heavy atom. The van der Waals surface area contributed by atoms with E-state index in [4.69, 9.17) is 0 Å². The lowest BCUT2D eigenvalue weighted by molar-refractivity contribution is -0.575. The fourth-order valence-electron chi connectivity index (χ4n) is 6.62. The van der Waals surface area contributed by atoms with Crippen LogP contribution in [0.25, 0.3) is 0 Å². The van der Waals surface area contributed by atoms with E-state index < -0.39 is 0 Å². The normalized spacial score (nSPS) is 24.1. The summed E-state index contributed by atoms with van der Waals surface area (Å²) in [6, 6.07) is 41.1. The molecule has 2 atom stereocenters. The molecule has 0 aromatic heterocycles. The van der Waals surface area contributed by atoms with Crippen LogP contribution in [-0.4, -0.2) is 27.9 Å². The Labute approximate surface area is 195 Å². The summed E-state index contributed by atoms with van der Waals surface area (Å²) in [6.07, 6.45) is 2.44. The summed E-state index contributed by atoms with van der Waals surface area (Å²) < 4.78 is 2.63. The zero-order valence-electron chi connectivity index (χ0n) is 18.6. The van der Waals surface area contributed by atoms with Gasteiger partial charge in [0.05, 0.1) is 11.8 Å². The first-order chi connectivity index (χ1) is 16.4. The number of benzene rings is 4. The summed E-state index contributed by atoms with van der Waals surface area (Å²) in [4.78, 5) is 2.63. The van der Waals surface area contributed by atoms with Gasteiger partial charge in [-0.05, 0) is 33.4 Å². The molecule has 0 fully saturated rings. The molecule has 2 heteroatoms. The molecule has 2 unspecified atom stereocenters. The summed E-state index contributed by atoms with van der Waals surface area (Å²) in [7, 11) is 0. The highest BCUT2D eigenvalue weighted by Gasteiger charge is 2.59. The molecular formula is C31H27N2+. The van der Waals surface area contributed by atoms with E-state index in [9.17, 15) is 0 Å². The predicted molar refractivity (Wildman–Crippen MR) is 133 cm³/mol. The van der Waals surface area contributed by atoms with Gasteiger partial charge in [-0.2, -0.15) is 0 Å². The second-order valence-electron chi connectivity index (χ2n) is 9.63. The molecule has 4 aromatic rings. The van der Waals surface area contributed by atoms with Crippen molar-refractivity contribution >= 4 is 6.34 Å². The predicted octanol–water partition coefficient (Wildman–Crippen LogP) is 5.77. The van der Waals surface area contributed by atoms with Gasteiger partial charge < -0.3 is 0 Å². The number of hydrogen-bond acceptors (Lipinski definition) is 1. The molecule has 0 spiro atoms. The lowest BCUT2D eigenvalue weighted by Crippen LogP contribution is -2.53.